The predicted octanol–water partition coefficient (Wildman–Crippen LogP) is 5.29. The van der Waals surface area contributed by atoms with Crippen molar-refractivity contribution < 1.29 is 23.8 Å². The summed E-state index contributed by atoms with van der Waals surface area (Å²) in [5, 5.41) is 11.1. The standard InChI is InChI=1S/C24H20BrNO5/c1-13-4-8-16(9-5-13)26-21(19-10-6-14(2)31-19)20(23(28)24(26)29)22(27)15-7-11-18(30-3)17(25)12-15/h4-12,21,27H,1-3H3/b22-20-. The third kappa shape index (κ3) is 3.65. The number of hydrogen-bond acceptors (Lipinski definition) is 5. The summed E-state index contributed by atoms with van der Waals surface area (Å²) in [5.41, 5.74) is 1.91. The Bertz CT molecular complexity index is 1210. The van der Waals surface area contributed by atoms with E-state index in [-0.39, 0.29) is 11.3 Å². The second kappa shape index (κ2) is 8.07. The van der Waals surface area contributed by atoms with E-state index in [0.29, 0.717) is 33.0 Å². The molecule has 1 N–H and O–H groups in total. The molecule has 1 aliphatic rings. The van der Waals surface area contributed by atoms with Gasteiger partial charge in [-0.05, 0) is 72.2 Å². The Kier molecular flexibility index (Phi) is 5.45. The molecule has 1 saturated heterocycles. The molecule has 7 heteroatoms. The number of ether oxygens (including phenoxy) is 1. The summed E-state index contributed by atoms with van der Waals surface area (Å²) in [6.45, 7) is 3.72. The van der Waals surface area contributed by atoms with Crippen LogP contribution in [0, 0.1) is 13.8 Å². The summed E-state index contributed by atoms with van der Waals surface area (Å²) in [7, 11) is 1.53. The highest BCUT2D eigenvalue weighted by atomic mass is 79.9. The van der Waals surface area contributed by atoms with Crippen molar-refractivity contribution in [3.8, 4) is 5.75 Å². The molecule has 1 atom stereocenters. The molecule has 0 aliphatic carbocycles. The number of methoxy groups -OCH3 is 1. The van der Waals surface area contributed by atoms with Crippen LogP contribution in [0.1, 0.15) is 28.7 Å². The minimum atomic E-state index is -0.891. The van der Waals surface area contributed by atoms with E-state index in [9.17, 15) is 14.7 Å². The highest BCUT2D eigenvalue weighted by Gasteiger charge is 2.48. The summed E-state index contributed by atoms with van der Waals surface area (Å²) >= 11 is 3.39. The number of anilines is 1. The van der Waals surface area contributed by atoms with Crippen LogP contribution < -0.4 is 9.64 Å². The number of aliphatic hydroxyl groups excluding tert-OH is 1. The topological polar surface area (TPSA) is 80.0 Å². The van der Waals surface area contributed by atoms with Crippen LogP contribution in [-0.2, 0) is 9.59 Å². The Morgan fingerprint density at radius 1 is 1.06 bits per heavy atom. The van der Waals surface area contributed by atoms with Crippen LogP contribution in [0.25, 0.3) is 5.76 Å². The van der Waals surface area contributed by atoms with E-state index in [1.807, 2.05) is 19.1 Å². The zero-order valence-electron chi connectivity index (χ0n) is 17.2. The Morgan fingerprint density at radius 2 is 1.77 bits per heavy atom. The van der Waals surface area contributed by atoms with E-state index >= 15 is 0 Å². The number of carbonyl (C=O) groups excluding carboxylic acids is 2. The molecule has 158 valence electrons. The third-order valence-corrected chi connectivity index (χ3v) is 5.83. The Labute approximate surface area is 187 Å². The van der Waals surface area contributed by atoms with Gasteiger partial charge in [0.15, 0.2) is 0 Å². The molecule has 0 saturated carbocycles. The number of amides is 1. The number of hydrogen-bond donors (Lipinski definition) is 1. The van der Waals surface area contributed by atoms with E-state index in [1.54, 1.807) is 49.4 Å². The predicted molar refractivity (Wildman–Crippen MR) is 120 cm³/mol. The monoisotopic (exact) mass is 481 g/mol. The lowest BCUT2D eigenvalue weighted by molar-refractivity contribution is -0.132. The molecule has 0 radical (unpaired) electrons. The molecule has 1 amide bonds. The molecule has 3 aromatic rings. The van der Waals surface area contributed by atoms with Gasteiger partial charge in [-0.2, -0.15) is 0 Å². The van der Waals surface area contributed by atoms with Crippen molar-refractivity contribution in [2.24, 2.45) is 0 Å². The minimum Gasteiger partial charge on any atom is -0.507 e. The summed E-state index contributed by atoms with van der Waals surface area (Å²) in [5.74, 6) is -0.172. The average molecular weight is 482 g/mol. The van der Waals surface area contributed by atoms with Crippen molar-refractivity contribution >= 4 is 39.1 Å². The van der Waals surface area contributed by atoms with Crippen LogP contribution in [0.15, 0.2) is 69.1 Å². The van der Waals surface area contributed by atoms with Gasteiger partial charge in [-0.3, -0.25) is 14.5 Å². The molecule has 2 aromatic carbocycles. The van der Waals surface area contributed by atoms with Crippen molar-refractivity contribution in [3.63, 3.8) is 0 Å². The summed E-state index contributed by atoms with van der Waals surface area (Å²) in [4.78, 5) is 27.5. The first-order valence-electron chi connectivity index (χ1n) is 9.59. The molecule has 1 unspecified atom stereocenters. The van der Waals surface area contributed by atoms with E-state index in [2.05, 4.69) is 15.9 Å². The normalized spacial score (nSPS) is 17.9. The van der Waals surface area contributed by atoms with Crippen LogP contribution in [0.2, 0.25) is 0 Å². The maximum absolute atomic E-state index is 13.1. The van der Waals surface area contributed by atoms with Crippen LogP contribution in [0.4, 0.5) is 5.69 Å². The largest absolute Gasteiger partial charge is 0.507 e. The first kappa shape index (κ1) is 20.9. The fraction of sp³-hybridized carbons (Fsp3) is 0.167. The van der Waals surface area contributed by atoms with Gasteiger partial charge in [0, 0.05) is 11.3 Å². The van der Waals surface area contributed by atoms with Gasteiger partial charge in [-0.1, -0.05) is 17.7 Å². The molecule has 1 aliphatic heterocycles. The molecular weight excluding hydrogens is 462 g/mol. The van der Waals surface area contributed by atoms with Crippen molar-refractivity contribution in [2.75, 3.05) is 12.0 Å². The quantitative estimate of drug-likeness (QED) is 0.311. The maximum atomic E-state index is 13.1. The number of furan rings is 1. The van der Waals surface area contributed by atoms with Gasteiger partial charge in [-0.15, -0.1) is 0 Å². The molecule has 4 rings (SSSR count). The van der Waals surface area contributed by atoms with E-state index in [1.165, 1.54) is 12.0 Å². The summed E-state index contributed by atoms with van der Waals surface area (Å²) in [6.07, 6.45) is 0. The highest BCUT2D eigenvalue weighted by Crippen LogP contribution is 2.43. The third-order valence-electron chi connectivity index (χ3n) is 5.21. The first-order valence-corrected chi connectivity index (χ1v) is 10.4. The van der Waals surface area contributed by atoms with Crippen LogP contribution >= 0.6 is 15.9 Å². The first-order chi connectivity index (χ1) is 14.8. The van der Waals surface area contributed by atoms with E-state index < -0.39 is 17.7 Å². The molecule has 0 spiro atoms. The number of aliphatic hydroxyl groups is 1. The number of halogens is 1. The number of rotatable bonds is 4. The second-order valence-electron chi connectivity index (χ2n) is 7.30. The zero-order chi connectivity index (χ0) is 22.3. The number of benzene rings is 2. The van der Waals surface area contributed by atoms with Gasteiger partial charge in [0.25, 0.3) is 11.7 Å². The summed E-state index contributed by atoms with van der Waals surface area (Å²) in [6, 6.07) is 14.8. The molecule has 1 fully saturated rings. The number of carbonyl (C=O) groups is 2. The van der Waals surface area contributed by atoms with Gasteiger partial charge in [0.05, 0.1) is 17.2 Å². The molecule has 1 aromatic heterocycles. The molecule has 0 bridgehead atoms. The minimum absolute atomic E-state index is 0.0306. The smallest absolute Gasteiger partial charge is 0.300 e. The van der Waals surface area contributed by atoms with Gasteiger partial charge in [0.2, 0.25) is 0 Å². The van der Waals surface area contributed by atoms with Crippen LogP contribution in [0.3, 0.4) is 0 Å². The van der Waals surface area contributed by atoms with Crippen molar-refractivity contribution in [3.05, 3.63) is 87.3 Å². The van der Waals surface area contributed by atoms with Gasteiger partial charge in [-0.25, -0.2) is 0 Å². The molecule has 2 heterocycles. The lowest BCUT2D eigenvalue weighted by Crippen LogP contribution is -2.29. The van der Waals surface area contributed by atoms with Crippen LogP contribution in [-0.4, -0.2) is 23.9 Å². The lowest BCUT2D eigenvalue weighted by atomic mass is 9.99. The lowest BCUT2D eigenvalue weighted by Gasteiger charge is -2.23. The van der Waals surface area contributed by atoms with Gasteiger partial charge >= 0.3 is 0 Å². The fourth-order valence-corrected chi connectivity index (χ4v) is 4.18. The fourth-order valence-electron chi connectivity index (χ4n) is 3.64. The van der Waals surface area contributed by atoms with Gasteiger partial charge in [0.1, 0.15) is 29.1 Å². The second-order valence-corrected chi connectivity index (χ2v) is 8.16. The highest BCUT2D eigenvalue weighted by molar-refractivity contribution is 9.10. The molecule has 6 nitrogen and oxygen atoms in total. The Balaban J connectivity index is 1.92. The van der Waals surface area contributed by atoms with E-state index in [4.69, 9.17) is 9.15 Å². The van der Waals surface area contributed by atoms with Crippen molar-refractivity contribution in [2.45, 2.75) is 19.9 Å². The van der Waals surface area contributed by atoms with Crippen molar-refractivity contribution in [1.29, 1.82) is 0 Å². The number of ketones is 1. The summed E-state index contributed by atoms with van der Waals surface area (Å²) < 4.78 is 11.6. The van der Waals surface area contributed by atoms with E-state index in [0.717, 1.165) is 5.56 Å². The maximum Gasteiger partial charge on any atom is 0.300 e. The number of nitrogens with zero attached hydrogens (tertiary/aromatic N) is 1. The average Bonchev–Trinajstić information content (AvgIpc) is 3.29. The SMILES string of the molecule is COc1ccc(/C(O)=C2/C(=O)C(=O)N(c3ccc(C)cc3)C2c2ccc(C)o2)cc1Br. The zero-order valence-corrected chi connectivity index (χ0v) is 18.8. The van der Waals surface area contributed by atoms with Crippen molar-refractivity contribution in [1.82, 2.24) is 0 Å². The molecular formula is C24H20BrNO5. The van der Waals surface area contributed by atoms with Gasteiger partial charge < -0.3 is 14.3 Å². The number of aryl methyl sites for hydroxylation is 2. The Morgan fingerprint density at radius 3 is 2.35 bits per heavy atom. The Hall–Kier alpha value is -3.32. The van der Waals surface area contributed by atoms with Crippen LogP contribution in [0.5, 0.6) is 5.75 Å². The molecule has 31 heavy (non-hydrogen) atoms. The number of Topliss-reactive ketones (excluding diaryl/α,β-unsaturated/α-hetero) is 1.